The van der Waals surface area contributed by atoms with E-state index in [0.717, 1.165) is 12.1 Å². The van der Waals surface area contributed by atoms with Crippen LogP contribution in [0.15, 0.2) is 30.5 Å². The molecular weight excluding hydrogens is 244 g/mol. The van der Waals surface area contributed by atoms with E-state index in [-0.39, 0.29) is 19.1 Å². The molecule has 0 radical (unpaired) electrons. The zero-order chi connectivity index (χ0) is 13.7. The Morgan fingerprint density at radius 1 is 1.47 bits per heavy atom. The topological polar surface area (TPSA) is 80.0 Å². The summed E-state index contributed by atoms with van der Waals surface area (Å²) in [7, 11) is 0. The molecule has 0 aliphatic rings. The minimum absolute atomic E-state index is 0.0728. The van der Waals surface area contributed by atoms with Crippen LogP contribution >= 0.6 is 0 Å². The standard InChI is InChI=1S/C13H16N4O2/c1-2-10-4-3-5-11(6-10)14-13(19)8-17-7-12(9-18)15-16-17/h3-7,18H,2,8-9H2,1H3,(H,14,19). The van der Waals surface area contributed by atoms with Crippen LogP contribution in [0, 0.1) is 0 Å². The van der Waals surface area contributed by atoms with E-state index in [9.17, 15) is 4.79 Å². The van der Waals surface area contributed by atoms with Crippen LogP contribution in [0.3, 0.4) is 0 Å². The Labute approximate surface area is 111 Å². The average Bonchev–Trinajstić information content (AvgIpc) is 2.86. The Kier molecular flexibility index (Phi) is 4.25. The molecule has 0 atom stereocenters. The van der Waals surface area contributed by atoms with Gasteiger partial charge in [-0.1, -0.05) is 24.3 Å². The Hall–Kier alpha value is -2.21. The number of aryl methyl sites for hydroxylation is 1. The van der Waals surface area contributed by atoms with Crippen molar-refractivity contribution in [1.82, 2.24) is 15.0 Å². The predicted molar refractivity (Wildman–Crippen MR) is 70.4 cm³/mol. The minimum atomic E-state index is -0.180. The van der Waals surface area contributed by atoms with Gasteiger partial charge in [-0.15, -0.1) is 5.10 Å². The van der Waals surface area contributed by atoms with Gasteiger partial charge >= 0.3 is 0 Å². The van der Waals surface area contributed by atoms with E-state index in [2.05, 4.69) is 22.6 Å². The van der Waals surface area contributed by atoms with Crippen molar-refractivity contribution >= 4 is 11.6 Å². The summed E-state index contributed by atoms with van der Waals surface area (Å²) in [6.45, 7) is 1.95. The van der Waals surface area contributed by atoms with Crippen LogP contribution in [0.1, 0.15) is 18.2 Å². The molecule has 2 N–H and O–H groups in total. The number of aliphatic hydroxyl groups is 1. The number of nitrogens with one attached hydrogen (secondary N) is 1. The highest BCUT2D eigenvalue weighted by Gasteiger charge is 2.06. The first-order valence-electron chi connectivity index (χ1n) is 6.10. The van der Waals surface area contributed by atoms with E-state index in [1.165, 1.54) is 10.2 Å². The number of benzene rings is 1. The lowest BCUT2D eigenvalue weighted by Gasteiger charge is -2.06. The van der Waals surface area contributed by atoms with E-state index in [1.807, 2.05) is 24.3 Å². The summed E-state index contributed by atoms with van der Waals surface area (Å²) in [5.74, 6) is -0.178. The van der Waals surface area contributed by atoms with Crippen molar-refractivity contribution in [2.45, 2.75) is 26.5 Å². The van der Waals surface area contributed by atoms with Crippen molar-refractivity contribution in [2.75, 3.05) is 5.32 Å². The number of aliphatic hydroxyl groups excluding tert-OH is 1. The summed E-state index contributed by atoms with van der Waals surface area (Å²) < 4.78 is 1.39. The molecule has 0 saturated heterocycles. The molecule has 0 unspecified atom stereocenters. The van der Waals surface area contributed by atoms with Crippen molar-refractivity contribution in [2.24, 2.45) is 0 Å². The van der Waals surface area contributed by atoms with Gasteiger partial charge in [-0.2, -0.15) is 0 Å². The number of hydrogen-bond acceptors (Lipinski definition) is 4. The number of hydrogen-bond donors (Lipinski definition) is 2. The second-order valence-electron chi connectivity index (χ2n) is 4.17. The van der Waals surface area contributed by atoms with Crippen LogP contribution in [-0.4, -0.2) is 26.0 Å². The van der Waals surface area contributed by atoms with Gasteiger partial charge in [0.05, 0.1) is 12.8 Å². The van der Waals surface area contributed by atoms with Gasteiger partial charge in [-0.05, 0) is 24.1 Å². The van der Waals surface area contributed by atoms with Gasteiger partial charge in [-0.25, -0.2) is 4.68 Å². The maximum absolute atomic E-state index is 11.8. The number of carbonyl (C=O) groups excluding carboxylic acids is 1. The zero-order valence-corrected chi connectivity index (χ0v) is 10.7. The molecule has 0 saturated carbocycles. The largest absolute Gasteiger partial charge is 0.390 e. The summed E-state index contributed by atoms with van der Waals surface area (Å²) in [4.78, 5) is 11.8. The smallest absolute Gasteiger partial charge is 0.246 e. The van der Waals surface area contributed by atoms with Crippen molar-refractivity contribution in [1.29, 1.82) is 0 Å². The maximum atomic E-state index is 11.8. The molecule has 1 amide bonds. The third-order valence-corrected chi connectivity index (χ3v) is 2.67. The molecule has 0 aliphatic heterocycles. The molecule has 0 bridgehead atoms. The van der Waals surface area contributed by atoms with Crippen molar-refractivity contribution in [3.05, 3.63) is 41.7 Å². The monoisotopic (exact) mass is 260 g/mol. The molecular formula is C13H16N4O2. The highest BCUT2D eigenvalue weighted by Crippen LogP contribution is 2.11. The fourth-order valence-corrected chi connectivity index (χ4v) is 1.70. The summed E-state index contributed by atoms with van der Waals surface area (Å²) in [5, 5.41) is 19.1. The Balaban J connectivity index is 1.96. The van der Waals surface area contributed by atoms with Crippen LogP contribution in [0.5, 0.6) is 0 Å². The molecule has 6 nitrogen and oxygen atoms in total. The lowest BCUT2D eigenvalue weighted by molar-refractivity contribution is -0.116. The van der Waals surface area contributed by atoms with Crippen LogP contribution in [0.25, 0.3) is 0 Å². The van der Waals surface area contributed by atoms with E-state index < -0.39 is 0 Å². The normalized spacial score (nSPS) is 10.4. The average molecular weight is 260 g/mol. The number of rotatable bonds is 5. The van der Waals surface area contributed by atoms with Crippen LogP contribution in [-0.2, 0) is 24.4 Å². The molecule has 0 fully saturated rings. The van der Waals surface area contributed by atoms with Crippen LogP contribution < -0.4 is 5.32 Å². The lowest BCUT2D eigenvalue weighted by Crippen LogP contribution is -2.19. The van der Waals surface area contributed by atoms with Gasteiger partial charge in [0, 0.05) is 5.69 Å². The number of anilines is 1. The molecule has 1 aromatic heterocycles. The minimum Gasteiger partial charge on any atom is -0.390 e. The van der Waals surface area contributed by atoms with E-state index >= 15 is 0 Å². The fraction of sp³-hybridized carbons (Fsp3) is 0.308. The van der Waals surface area contributed by atoms with Gasteiger partial charge in [0.2, 0.25) is 5.91 Å². The summed E-state index contributed by atoms with van der Waals surface area (Å²) >= 11 is 0. The maximum Gasteiger partial charge on any atom is 0.246 e. The molecule has 0 aliphatic carbocycles. The molecule has 100 valence electrons. The first-order valence-corrected chi connectivity index (χ1v) is 6.10. The van der Waals surface area contributed by atoms with E-state index in [4.69, 9.17) is 5.11 Å². The molecule has 1 aromatic carbocycles. The third kappa shape index (κ3) is 3.62. The Morgan fingerprint density at radius 2 is 2.32 bits per heavy atom. The van der Waals surface area contributed by atoms with Gasteiger partial charge < -0.3 is 10.4 Å². The first kappa shape index (κ1) is 13.2. The quantitative estimate of drug-likeness (QED) is 0.839. The first-order chi connectivity index (χ1) is 9.21. The predicted octanol–water partition coefficient (Wildman–Crippen LogP) is 0.971. The molecule has 1 heterocycles. The van der Waals surface area contributed by atoms with Crippen molar-refractivity contribution in [3.8, 4) is 0 Å². The molecule has 2 rings (SSSR count). The molecule has 0 spiro atoms. The Bertz CT molecular complexity index is 565. The summed E-state index contributed by atoms with van der Waals surface area (Å²) in [5.41, 5.74) is 2.38. The van der Waals surface area contributed by atoms with Crippen LogP contribution in [0.4, 0.5) is 5.69 Å². The Morgan fingerprint density at radius 3 is 3.00 bits per heavy atom. The molecule has 19 heavy (non-hydrogen) atoms. The third-order valence-electron chi connectivity index (χ3n) is 2.67. The number of amides is 1. The highest BCUT2D eigenvalue weighted by atomic mass is 16.3. The van der Waals surface area contributed by atoms with Gasteiger partial charge in [0.1, 0.15) is 12.2 Å². The van der Waals surface area contributed by atoms with Gasteiger partial charge in [0.25, 0.3) is 0 Å². The lowest BCUT2D eigenvalue weighted by atomic mass is 10.1. The fourth-order valence-electron chi connectivity index (χ4n) is 1.70. The van der Waals surface area contributed by atoms with Crippen molar-refractivity contribution < 1.29 is 9.90 Å². The van der Waals surface area contributed by atoms with Crippen LogP contribution in [0.2, 0.25) is 0 Å². The summed E-state index contributed by atoms with van der Waals surface area (Å²) in [6.07, 6.45) is 2.47. The zero-order valence-electron chi connectivity index (χ0n) is 10.7. The summed E-state index contributed by atoms with van der Waals surface area (Å²) in [6, 6.07) is 7.71. The van der Waals surface area contributed by atoms with Gasteiger partial charge in [-0.3, -0.25) is 4.79 Å². The van der Waals surface area contributed by atoms with E-state index in [0.29, 0.717) is 5.69 Å². The highest BCUT2D eigenvalue weighted by molar-refractivity contribution is 5.90. The molecule has 6 heteroatoms. The van der Waals surface area contributed by atoms with Gasteiger partial charge in [0.15, 0.2) is 0 Å². The van der Waals surface area contributed by atoms with E-state index in [1.54, 1.807) is 6.20 Å². The second kappa shape index (κ2) is 6.10. The number of aromatic nitrogens is 3. The second-order valence-corrected chi connectivity index (χ2v) is 4.17. The molecule has 2 aromatic rings. The SMILES string of the molecule is CCc1cccc(NC(=O)Cn2cc(CO)nn2)c1. The van der Waals surface area contributed by atoms with Crippen molar-refractivity contribution in [3.63, 3.8) is 0 Å². The number of nitrogens with zero attached hydrogens (tertiary/aromatic N) is 3. The number of carbonyl (C=O) groups is 1.